The molecule has 1 atom stereocenters. The molecule has 0 amide bonds. The molecule has 6 N–H and O–H groups in total. The average Bonchev–Trinajstić information content (AvgIpc) is 2.89. The van der Waals surface area contributed by atoms with E-state index in [0.29, 0.717) is 17.6 Å². The molecule has 0 aromatic carbocycles. The SMILES string of the molecule is CCCCC1(N)N=C(N)c2ncc(CC3CCNCC3)n2N1. The number of nitrogens with two attached hydrogens (primary N) is 2. The van der Waals surface area contributed by atoms with Crippen LogP contribution in [0.3, 0.4) is 0 Å². The average molecular weight is 305 g/mol. The summed E-state index contributed by atoms with van der Waals surface area (Å²) in [6.45, 7) is 4.34. The van der Waals surface area contributed by atoms with E-state index in [0.717, 1.165) is 44.5 Å². The second kappa shape index (κ2) is 6.26. The van der Waals surface area contributed by atoms with Gasteiger partial charge in [-0.1, -0.05) is 13.3 Å². The quantitative estimate of drug-likeness (QED) is 0.633. The zero-order chi connectivity index (χ0) is 15.6. The predicted octanol–water partition coefficient (Wildman–Crippen LogP) is 0.490. The number of fused-ring (bicyclic) bond motifs is 1. The zero-order valence-electron chi connectivity index (χ0n) is 13.3. The van der Waals surface area contributed by atoms with E-state index in [4.69, 9.17) is 11.5 Å². The van der Waals surface area contributed by atoms with E-state index in [2.05, 4.69) is 27.6 Å². The van der Waals surface area contributed by atoms with E-state index < -0.39 is 5.79 Å². The van der Waals surface area contributed by atoms with E-state index in [1.807, 2.05) is 10.9 Å². The molecule has 7 heteroatoms. The van der Waals surface area contributed by atoms with Gasteiger partial charge in [0.05, 0.1) is 11.9 Å². The molecule has 1 aromatic rings. The third kappa shape index (κ3) is 3.10. The lowest BCUT2D eigenvalue weighted by atomic mass is 9.93. The van der Waals surface area contributed by atoms with E-state index in [1.165, 1.54) is 12.8 Å². The number of piperidine rings is 1. The lowest BCUT2D eigenvalue weighted by Crippen LogP contribution is -2.55. The molecule has 1 fully saturated rings. The van der Waals surface area contributed by atoms with Crippen molar-refractivity contribution in [2.75, 3.05) is 18.5 Å². The summed E-state index contributed by atoms with van der Waals surface area (Å²) >= 11 is 0. The largest absolute Gasteiger partial charge is 0.381 e. The van der Waals surface area contributed by atoms with Crippen LogP contribution >= 0.6 is 0 Å². The lowest BCUT2D eigenvalue weighted by molar-refractivity contribution is 0.358. The van der Waals surface area contributed by atoms with Gasteiger partial charge in [0.15, 0.2) is 17.4 Å². The van der Waals surface area contributed by atoms with Crippen LogP contribution < -0.4 is 22.2 Å². The van der Waals surface area contributed by atoms with E-state index in [1.54, 1.807) is 0 Å². The standard InChI is InChI=1S/C15H27N7/c1-2-3-6-15(17)20-13(16)14-19-10-12(22(14)21-15)9-11-4-7-18-8-5-11/h10-11,18,21H,2-9,17H2,1H3,(H2,16,20). The number of amidine groups is 1. The van der Waals surface area contributed by atoms with Crippen LogP contribution in [-0.4, -0.2) is 34.4 Å². The van der Waals surface area contributed by atoms with Gasteiger partial charge in [0.2, 0.25) is 0 Å². The Kier molecular flexibility index (Phi) is 4.35. The minimum atomic E-state index is -0.823. The zero-order valence-corrected chi connectivity index (χ0v) is 13.3. The van der Waals surface area contributed by atoms with Gasteiger partial charge in [-0.3, -0.25) is 11.2 Å². The van der Waals surface area contributed by atoms with E-state index in [9.17, 15) is 0 Å². The normalized spacial score (nSPS) is 25.5. The molecular formula is C15H27N7. The Labute approximate surface area is 131 Å². The Bertz CT molecular complexity index is 544. The highest BCUT2D eigenvalue weighted by molar-refractivity contribution is 5.95. The van der Waals surface area contributed by atoms with Crippen molar-refractivity contribution in [2.45, 2.75) is 51.2 Å². The van der Waals surface area contributed by atoms with Gasteiger partial charge in [0, 0.05) is 6.42 Å². The predicted molar refractivity (Wildman–Crippen MR) is 88.1 cm³/mol. The molecule has 0 aliphatic carbocycles. The van der Waals surface area contributed by atoms with Crippen molar-refractivity contribution < 1.29 is 0 Å². The summed E-state index contributed by atoms with van der Waals surface area (Å²) in [5.41, 5.74) is 16.9. The maximum atomic E-state index is 6.37. The highest BCUT2D eigenvalue weighted by Gasteiger charge is 2.32. The first-order valence-corrected chi connectivity index (χ1v) is 8.31. The number of aliphatic imine (C=N–C) groups is 1. The Hall–Kier alpha value is -1.60. The summed E-state index contributed by atoms with van der Waals surface area (Å²) < 4.78 is 1.96. The fourth-order valence-corrected chi connectivity index (χ4v) is 3.26. The Balaban J connectivity index is 1.78. The second-order valence-electron chi connectivity index (χ2n) is 6.44. The second-order valence-corrected chi connectivity index (χ2v) is 6.44. The van der Waals surface area contributed by atoms with Crippen molar-refractivity contribution in [3.05, 3.63) is 17.7 Å². The number of rotatable bonds is 5. The third-order valence-corrected chi connectivity index (χ3v) is 4.56. The molecule has 1 saturated heterocycles. The van der Waals surface area contributed by atoms with Gasteiger partial charge >= 0.3 is 0 Å². The maximum absolute atomic E-state index is 6.37. The first kappa shape index (κ1) is 15.3. The van der Waals surface area contributed by atoms with Crippen molar-refractivity contribution in [3.63, 3.8) is 0 Å². The molecular weight excluding hydrogens is 278 g/mol. The fraction of sp³-hybridized carbons (Fsp3) is 0.733. The Morgan fingerprint density at radius 3 is 2.91 bits per heavy atom. The van der Waals surface area contributed by atoms with Gasteiger partial charge in [0.25, 0.3) is 0 Å². The molecule has 3 rings (SSSR count). The van der Waals surface area contributed by atoms with Gasteiger partial charge in [-0.25, -0.2) is 14.7 Å². The summed E-state index contributed by atoms with van der Waals surface area (Å²) in [6, 6.07) is 0. The lowest BCUT2D eigenvalue weighted by Gasteiger charge is -2.34. The molecule has 1 aromatic heterocycles. The molecule has 2 aliphatic heterocycles. The number of imidazole rings is 1. The summed E-state index contributed by atoms with van der Waals surface area (Å²) in [7, 11) is 0. The first-order chi connectivity index (χ1) is 10.6. The minimum absolute atomic E-state index is 0.425. The molecule has 7 nitrogen and oxygen atoms in total. The molecule has 0 bridgehead atoms. The number of nitrogens with one attached hydrogen (secondary N) is 2. The number of hydrogen-bond acceptors (Lipinski definition) is 6. The van der Waals surface area contributed by atoms with Crippen LogP contribution in [0.25, 0.3) is 0 Å². The van der Waals surface area contributed by atoms with Crippen molar-refractivity contribution in [1.29, 1.82) is 0 Å². The third-order valence-electron chi connectivity index (χ3n) is 4.56. The van der Waals surface area contributed by atoms with Crippen LogP contribution in [0.15, 0.2) is 11.2 Å². The van der Waals surface area contributed by atoms with Gasteiger partial charge < -0.3 is 11.1 Å². The molecule has 22 heavy (non-hydrogen) atoms. The summed E-state index contributed by atoms with van der Waals surface area (Å²) in [6.07, 6.45) is 8.15. The van der Waals surface area contributed by atoms with Gasteiger partial charge in [-0.2, -0.15) is 0 Å². The number of aromatic nitrogens is 2. The van der Waals surface area contributed by atoms with Crippen molar-refractivity contribution in [3.8, 4) is 0 Å². The Morgan fingerprint density at radius 2 is 2.18 bits per heavy atom. The molecule has 2 aliphatic rings. The maximum Gasteiger partial charge on any atom is 0.198 e. The summed E-state index contributed by atoms with van der Waals surface area (Å²) in [5, 5.41) is 3.40. The number of hydrogen-bond donors (Lipinski definition) is 4. The monoisotopic (exact) mass is 305 g/mol. The van der Waals surface area contributed by atoms with Gasteiger partial charge in [0.1, 0.15) is 0 Å². The highest BCUT2D eigenvalue weighted by Crippen LogP contribution is 2.22. The minimum Gasteiger partial charge on any atom is -0.381 e. The van der Waals surface area contributed by atoms with Crippen LogP contribution in [0.4, 0.5) is 0 Å². The van der Waals surface area contributed by atoms with Crippen LogP contribution in [0.1, 0.15) is 50.5 Å². The summed E-state index contributed by atoms with van der Waals surface area (Å²) in [5.74, 6) is 0.971. The van der Waals surface area contributed by atoms with Crippen molar-refractivity contribution >= 4 is 5.84 Å². The van der Waals surface area contributed by atoms with Crippen LogP contribution in [0.5, 0.6) is 0 Å². The molecule has 3 heterocycles. The van der Waals surface area contributed by atoms with E-state index >= 15 is 0 Å². The fourth-order valence-electron chi connectivity index (χ4n) is 3.26. The molecule has 122 valence electrons. The molecule has 0 radical (unpaired) electrons. The van der Waals surface area contributed by atoms with Gasteiger partial charge in [-0.15, -0.1) is 0 Å². The smallest absolute Gasteiger partial charge is 0.198 e. The number of nitrogens with zero attached hydrogens (tertiary/aromatic N) is 3. The Morgan fingerprint density at radius 1 is 1.41 bits per heavy atom. The van der Waals surface area contributed by atoms with Crippen LogP contribution in [0, 0.1) is 5.92 Å². The number of unbranched alkanes of at least 4 members (excludes halogenated alkanes) is 1. The molecule has 0 saturated carbocycles. The first-order valence-electron chi connectivity index (χ1n) is 8.31. The van der Waals surface area contributed by atoms with Crippen LogP contribution in [-0.2, 0) is 6.42 Å². The highest BCUT2D eigenvalue weighted by atomic mass is 15.6. The topological polar surface area (TPSA) is 106 Å². The molecule has 1 unspecified atom stereocenters. The summed E-state index contributed by atoms with van der Waals surface area (Å²) in [4.78, 5) is 8.84. The van der Waals surface area contributed by atoms with Gasteiger partial charge in [-0.05, 0) is 44.7 Å². The molecule has 0 spiro atoms. The van der Waals surface area contributed by atoms with E-state index in [-0.39, 0.29) is 0 Å². The van der Waals surface area contributed by atoms with Crippen molar-refractivity contribution in [1.82, 2.24) is 15.0 Å². The van der Waals surface area contributed by atoms with Crippen LogP contribution in [0.2, 0.25) is 0 Å². The van der Waals surface area contributed by atoms with Crippen molar-refractivity contribution in [2.24, 2.45) is 22.4 Å².